The summed E-state index contributed by atoms with van der Waals surface area (Å²) >= 11 is 0. The standard InChI is InChI=1S/C23H32N2O8/c1-12-16(19(28)31-7)18(17(13(2)24-12)20(29)32-8)21(30)33-11-15(27)25-22(3,4)9-14(26)10-23(25,5)6/h18,24H,9-11H2,1-8H3. The van der Waals surface area contributed by atoms with E-state index in [9.17, 15) is 24.0 Å². The molecule has 2 aliphatic rings. The highest BCUT2D eigenvalue weighted by Gasteiger charge is 2.48. The summed E-state index contributed by atoms with van der Waals surface area (Å²) < 4.78 is 14.9. The summed E-state index contributed by atoms with van der Waals surface area (Å²) in [6.45, 7) is 9.62. The van der Waals surface area contributed by atoms with E-state index in [4.69, 9.17) is 14.2 Å². The molecule has 2 aliphatic heterocycles. The van der Waals surface area contributed by atoms with Crippen molar-refractivity contribution < 1.29 is 38.2 Å². The zero-order valence-corrected chi connectivity index (χ0v) is 20.4. The van der Waals surface area contributed by atoms with Crippen molar-refractivity contribution in [3.05, 3.63) is 22.5 Å². The van der Waals surface area contributed by atoms with Crippen LogP contribution in [0, 0.1) is 5.92 Å². The summed E-state index contributed by atoms with van der Waals surface area (Å²) in [5, 5.41) is 2.88. The Morgan fingerprint density at radius 3 is 1.73 bits per heavy atom. The van der Waals surface area contributed by atoms with Crippen LogP contribution in [0.25, 0.3) is 0 Å². The number of likely N-dealkylation sites (tertiary alicyclic amines) is 1. The van der Waals surface area contributed by atoms with Gasteiger partial charge in [-0.15, -0.1) is 0 Å². The van der Waals surface area contributed by atoms with Crippen LogP contribution in [0.4, 0.5) is 0 Å². The molecule has 10 heteroatoms. The van der Waals surface area contributed by atoms with Crippen LogP contribution in [-0.4, -0.2) is 66.4 Å². The lowest BCUT2D eigenvalue weighted by atomic mass is 9.79. The number of amides is 1. The van der Waals surface area contributed by atoms with Gasteiger partial charge in [0, 0.05) is 35.3 Å². The van der Waals surface area contributed by atoms with Gasteiger partial charge in [-0.05, 0) is 41.5 Å². The molecule has 0 unspecified atom stereocenters. The Balaban J connectivity index is 2.34. The lowest BCUT2D eigenvalue weighted by Crippen LogP contribution is -2.63. The van der Waals surface area contributed by atoms with Crippen LogP contribution in [0.2, 0.25) is 0 Å². The van der Waals surface area contributed by atoms with E-state index in [-0.39, 0.29) is 29.8 Å². The number of Topliss-reactive ketones (excluding diaryl/α,β-unsaturated/α-hetero) is 1. The Morgan fingerprint density at radius 1 is 0.909 bits per heavy atom. The van der Waals surface area contributed by atoms with Crippen molar-refractivity contribution in [1.29, 1.82) is 0 Å². The highest BCUT2D eigenvalue weighted by Crippen LogP contribution is 2.37. The van der Waals surface area contributed by atoms with E-state index >= 15 is 0 Å². The number of nitrogens with zero attached hydrogens (tertiary/aromatic N) is 1. The Hall–Kier alpha value is -3.17. The SMILES string of the molecule is COC(=O)C1=C(C)NC(C)=C(C(=O)OC)C1C(=O)OCC(=O)N1C(C)(C)CC(=O)CC1(C)C. The molecular formula is C23H32N2O8. The molecule has 33 heavy (non-hydrogen) atoms. The minimum Gasteiger partial charge on any atom is -0.466 e. The van der Waals surface area contributed by atoms with Gasteiger partial charge in [-0.2, -0.15) is 0 Å². The second kappa shape index (κ2) is 9.36. The third-order valence-electron chi connectivity index (χ3n) is 5.86. The minimum absolute atomic E-state index is 0.0485. The fourth-order valence-electron chi connectivity index (χ4n) is 4.95. The number of rotatable bonds is 5. The molecule has 1 saturated heterocycles. The number of allylic oxidation sites excluding steroid dienone is 2. The van der Waals surface area contributed by atoms with Gasteiger partial charge in [0.25, 0.3) is 5.91 Å². The minimum atomic E-state index is -1.43. The number of nitrogens with one attached hydrogen (secondary N) is 1. The fourth-order valence-corrected chi connectivity index (χ4v) is 4.95. The summed E-state index contributed by atoms with van der Waals surface area (Å²) in [4.78, 5) is 64.8. The third kappa shape index (κ3) is 5.09. The van der Waals surface area contributed by atoms with E-state index in [1.807, 2.05) is 0 Å². The number of carbonyl (C=O) groups excluding carboxylic acids is 5. The van der Waals surface area contributed by atoms with E-state index < -0.39 is 47.4 Å². The van der Waals surface area contributed by atoms with Crippen molar-refractivity contribution in [3.63, 3.8) is 0 Å². The first-order valence-electron chi connectivity index (χ1n) is 10.5. The van der Waals surface area contributed by atoms with Gasteiger partial charge in [-0.3, -0.25) is 14.4 Å². The summed E-state index contributed by atoms with van der Waals surface area (Å²) in [7, 11) is 2.30. The molecular weight excluding hydrogens is 432 g/mol. The van der Waals surface area contributed by atoms with Gasteiger partial charge in [0.15, 0.2) is 6.61 Å². The first kappa shape index (κ1) is 26.1. The van der Waals surface area contributed by atoms with Crippen molar-refractivity contribution in [2.45, 2.75) is 65.5 Å². The number of esters is 3. The smallest absolute Gasteiger partial charge is 0.336 e. The largest absolute Gasteiger partial charge is 0.466 e. The molecule has 0 saturated carbocycles. The van der Waals surface area contributed by atoms with Crippen LogP contribution in [-0.2, 0) is 38.2 Å². The Kier molecular flexibility index (Phi) is 7.40. The van der Waals surface area contributed by atoms with E-state index in [0.29, 0.717) is 11.4 Å². The fraction of sp³-hybridized carbons (Fsp3) is 0.609. The Morgan fingerprint density at radius 2 is 1.33 bits per heavy atom. The van der Waals surface area contributed by atoms with Gasteiger partial charge in [-0.25, -0.2) is 9.59 Å². The maximum Gasteiger partial charge on any atom is 0.336 e. The molecule has 0 atom stereocenters. The number of dihydropyridines is 1. The van der Waals surface area contributed by atoms with Crippen LogP contribution in [0.1, 0.15) is 54.4 Å². The van der Waals surface area contributed by atoms with Crippen LogP contribution < -0.4 is 5.32 Å². The van der Waals surface area contributed by atoms with E-state index in [0.717, 1.165) is 14.2 Å². The van der Waals surface area contributed by atoms with E-state index in [1.165, 1.54) is 0 Å². The molecule has 2 heterocycles. The van der Waals surface area contributed by atoms with Crippen molar-refractivity contribution in [2.75, 3.05) is 20.8 Å². The predicted octanol–water partition coefficient (Wildman–Crippen LogP) is 1.39. The number of piperidine rings is 1. The number of hydrogen-bond donors (Lipinski definition) is 1. The molecule has 1 amide bonds. The molecule has 1 N–H and O–H groups in total. The van der Waals surface area contributed by atoms with Crippen molar-refractivity contribution >= 4 is 29.6 Å². The lowest BCUT2D eigenvalue weighted by molar-refractivity contribution is -0.165. The van der Waals surface area contributed by atoms with Crippen molar-refractivity contribution in [1.82, 2.24) is 10.2 Å². The molecule has 0 bridgehead atoms. The van der Waals surface area contributed by atoms with Crippen LogP contribution in [0.5, 0.6) is 0 Å². The highest BCUT2D eigenvalue weighted by molar-refractivity contribution is 6.05. The van der Waals surface area contributed by atoms with Crippen LogP contribution >= 0.6 is 0 Å². The first-order chi connectivity index (χ1) is 15.2. The molecule has 2 rings (SSSR count). The van der Waals surface area contributed by atoms with E-state index in [2.05, 4.69) is 5.32 Å². The molecule has 0 aliphatic carbocycles. The second-order valence-electron chi connectivity index (χ2n) is 9.47. The van der Waals surface area contributed by atoms with E-state index in [1.54, 1.807) is 46.4 Å². The lowest BCUT2D eigenvalue weighted by Gasteiger charge is -2.52. The molecule has 0 spiro atoms. The van der Waals surface area contributed by atoms with Gasteiger partial charge in [-0.1, -0.05) is 0 Å². The van der Waals surface area contributed by atoms with Gasteiger partial charge in [0.2, 0.25) is 0 Å². The maximum atomic E-state index is 13.2. The average molecular weight is 465 g/mol. The number of methoxy groups -OCH3 is 2. The normalized spacial score (nSPS) is 20.2. The molecule has 0 aromatic rings. The molecule has 0 aromatic heterocycles. The predicted molar refractivity (Wildman–Crippen MR) is 116 cm³/mol. The topological polar surface area (TPSA) is 128 Å². The number of ether oxygens (including phenoxy) is 3. The summed E-state index contributed by atoms with van der Waals surface area (Å²) in [5.41, 5.74) is -1.11. The summed E-state index contributed by atoms with van der Waals surface area (Å²) in [6.07, 6.45) is 0.376. The molecule has 0 aromatic carbocycles. The zero-order valence-electron chi connectivity index (χ0n) is 20.4. The monoisotopic (exact) mass is 464 g/mol. The zero-order chi connectivity index (χ0) is 25.3. The average Bonchev–Trinajstić information content (AvgIpc) is 2.68. The quantitative estimate of drug-likeness (QED) is 0.474. The van der Waals surface area contributed by atoms with Crippen LogP contribution in [0.15, 0.2) is 22.5 Å². The molecule has 10 nitrogen and oxygen atoms in total. The number of carbonyl (C=O) groups is 5. The number of hydrogen-bond acceptors (Lipinski definition) is 9. The highest BCUT2D eigenvalue weighted by atomic mass is 16.5. The van der Waals surface area contributed by atoms with Crippen molar-refractivity contribution in [2.24, 2.45) is 5.92 Å². The summed E-state index contributed by atoms with van der Waals surface area (Å²) in [6, 6.07) is 0. The number of ketones is 1. The first-order valence-corrected chi connectivity index (χ1v) is 10.5. The van der Waals surface area contributed by atoms with Gasteiger partial charge in [0.05, 0.1) is 25.4 Å². The van der Waals surface area contributed by atoms with Crippen molar-refractivity contribution in [3.8, 4) is 0 Å². The van der Waals surface area contributed by atoms with Gasteiger partial charge < -0.3 is 24.4 Å². The maximum absolute atomic E-state index is 13.2. The Labute approximate surface area is 193 Å². The van der Waals surface area contributed by atoms with Gasteiger partial charge in [0.1, 0.15) is 11.7 Å². The molecule has 1 fully saturated rings. The Bertz CT molecular complexity index is 900. The summed E-state index contributed by atoms with van der Waals surface area (Å²) in [5.74, 6) is -4.47. The molecule has 182 valence electrons. The van der Waals surface area contributed by atoms with Crippen LogP contribution in [0.3, 0.4) is 0 Å². The third-order valence-corrected chi connectivity index (χ3v) is 5.86. The second-order valence-corrected chi connectivity index (χ2v) is 9.47. The molecule has 0 radical (unpaired) electrons. The van der Waals surface area contributed by atoms with Gasteiger partial charge >= 0.3 is 17.9 Å².